The molecule has 0 fully saturated rings. The Morgan fingerprint density at radius 2 is 1.84 bits per heavy atom. The lowest BCUT2D eigenvalue weighted by atomic mass is 10.1. The van der Waals surface area contributed by atoms with Gasteiger partial charge in [0.1, 0.15) is 42.1 Å². The normalized spacial score (nSPS) is 12.6. The maximum absolute atomic E-state index is 5.85. The average Bonchev–Trinajstić information content (AvgIpc) is 2.82. The van der Waals surface area contributed by atoms with Gasteiger partial charge in [0.2, 0.25) is 5.88 Å². The van der Waals surface area contributed by atoms with Gasteiger partial charge in [0.15, 0.2) is 0 Å². The standard InChI is InChI=1S/C24H20N6O2/c1-15-3-6-21-29-22-12-19-16(13-28-23(25-2)20(19)14-27-22)4-5-17-11-18(7-8-26-17)31-9-10-32-24(15)30-21/h3,6-8,11-14H,9-10H2,1-2H3,(H,25,28)(H,27,29,30). The minimum absolute atomic E-state index is 0.356. The fourth-order valence-corrected chi connectivity index (χ4v) is 3.36. The van der Waals surface area contributed by atoms with Crippen LogP contribution in [-0.4, -0.2) is 40.2 Å². The molecule has 5 heterocycles. The number of pyridine rings is 4. The predicted octanol–water partition coefficient (Wildman–Crippen LogP) is 3.68. The Hall–Kier alpha value is -4.38. The second-order valence-electron chi connectivity index (χ2n) is 7.15. The van der Waals surface area contributed by atoms with Gasteiger partial charge in [-0.05, 0) is 31.0 Å². The second kappa shape index (κ2) is 8.40. The summed E-state index contributed by atoms with van der Waals surface area (Å²) in [6.07, 6.45) is 5.19. The summed E-state index contributed by atoms with van der Waals surface area (Å²) in [5, 5.41) is 8.14. The molecular formula is C24H20N6O2. The Labute approximate surface area is 185 Å². The zero-order valence-electron chi connectivity index (χ0n) is 17.6. The minimum atomic E-state index is 0.356. The van der Waals surface area contributed by atoms with Crippen molar-refractivity contribution in [2.24, 2.45) is 0 Å². The first-order valence-corrected chi connectivity index (χ1v) is 10.1. The lowest BCUT2D eigenvalue weighted by Gasteiger charge is -2.12. The lowest BCUT2D eigenvalue weighted by molar-refractivity contribution is 0.211. The van der Waals surface area contributed by atoms with Gasteiger partial charge < -0.3 is 20.1 Å². The molecule has 32 heavy (non-hydrogen) atoms. The number of anilines is 3. The van der Waals surface area contributed by atoms with Gasteiger partial charge >= 0.3 is 0 Å². The first kappa shape index (κ1) is 19.6. The van der Waals surface area contributed by atoms with E-state index in [0.717, 1.165) is 27.7 Å². The maximum atomic E-state index is 5.85. The molecule has 0 aliphatic carbocycles. The van der Waals surface area contributed by atoms with Gasteiger partial charge in [-0.3, -0.25) is 0 Å². The molecule has 1 aliphatic heterocycles. The Morgan fingerprint density at radius 1 is 0.938 bits per heavy atom. The number of rotatable bonds is 1. The van der Waals surface area contributed by atoms with Crippen LogP contribution in [0, 0.1) is 18.8 Å². The van der Waals surface area contributed by atoms with E-state index in [1.54, 1.807) is 30.7 Å². The monoisotopic (exact) mass is 424 g/mol. The number of nitrogens with zero attached hydrogens (tertiary/aromatic N) is 4. The van der Waals surface area contributed by atoms with Crippen LogP contribution in [0.25, 0.3) is 10.8 Å². The van der Waals surface area contributed by atoms with E-state index in [-0.39, 0.29) is 0 Å². The molecule has 4 aromatic heterocycles. The van der Waals surface area contributed by atoms with Crippen molar-refractivity contribution in [2.75, 3.05) is 30.9 Å². The van der Waals surface area contributed by atoms with Crippen molar-refractivity contribution in [1.29, 1.82) is 0 Å². The van der Waals surface area contributed by atoms with E-state index < -0.39 is 0 Å². The number of hydrogen-bond acceptors (Lipinski definition) is 8. The van der Waals surface area contributed by atoms with E-state index in [2.05, 4.69) is 42.4 Å². The maximum Gasteiger partial charge on any atom is 0.218 e. The third-order valence-electron chi connectivity index (χ3n) is 4.96. The number of hydrogen-bond donors (Lipinski definition) is 2. The summed E-state index contributed by atoms with van der Waals surface area (Å²) in [5.41, 5.74) is 2.31. The SMILES string of the molecule is CNc1ncc2c3cc(ncc13)Nc1ccc(C)c(n1)OCCOc1ccnc(c1)C#C2. The van der Waals surface area contributed by atoms with Crippen molar-refractivity contribution in [3.63, 3.8) is 0 Å². The van der Waals surface area contributed by atoms with Gasteiger partial charge in [-0.15, -0.1) is 0 Å². The highest BCUT2D eigenvalue weighted by Crippen LogP contribution is 2.27. The predicted molar refractivity (Wildman–Crippen MR) is 123 cm³/mol. The number of nitrogens with one attached hydrogen (secondary N) is 2. The average molecular weight is 424 g/mol. The fourth-order valence-electron chi connectivity index (χ4n) is 3.36. The molecule has 0 amide bonds. The molecule has 4 aromatic rings. The summed E-state index contributed by atoms with van der Waals surface area (Å²) < 4.78 is 11.6. The van der Waals surface area contributed by atoms with E-state index in [9.17, 15) is 0 Å². The van der Waals surface area contributed by atoms with Crippen molar-refractivity contribution in [1.82, 2.24) is 19.9 Å². The molecule has 0 aromatic carbocycles. The number of aromatic nitrogens is 4. The van der Waals surface area contributed by atoms with Gasteiger partial charge in [0.05, 0.1) is 5.56 Å². The fraction of sp³-hybridized carbons (Fsp3) is 0.167. The van der Waals surface area contributed by atoms with Crippen LogP contribution in [0.3, 0.4) is 0 Å². The molecule has 6 bridgehead atoms. The highest BCUT2D eigenvalue weighted by molar-refractivity contribution is 5.96. The molecule has 5 rings (SSSR count). The largest absolute Gasteiger partial charge is 0.490 e. The Balaban J connectivity index is 1.66. The van der Waals surface area contributed by atoms with Crippen LogP contribution in [0.1, 0.15) is 16.8 Å². The summed E-state index contributed by atoms with van der Waals surface area (Å²) in [6, 6.07) is 9.39. The quantitative estimate of drug-likeness (QED) is 0.447. The highest BCUT2D eigenvalue weighted by Gasteiger charge is 2.10. The van der Waals surface area contributed by atoms with Gasteiger partial charge in [-0.2, -0.15) is 4.98 Å². The molecule has 0 saturated carbocycles. The Morgan fingerprint density at radius 3 is 2.75 bits per heavy atom. The molecule has 8 nitrogen and oxygen atoms in total. The van der Waals surface area contributed by atoms with E-state index in [1.165, 1.54) is 0 Å². The van der Waals surface area contributed by atoms with E-state index in [0.29, 0.717) is 42.2 Å². The zero-order chi connectivity index (χ0) is 21.9. The van der Waals surface area contributed by atoms with Crippen LogP contribution in [0.15, 0.2) is 48.9 Å². The molecule has 0 saturated heterocycles. The second-order valence-corrected chi connectivity index (χ2v) is 7.15. The number of aryl methyl sites for hydroxylation is 1. The van der Waals surface area contributed by atoms with Crippen molar-refractivity contribution >= 4 is 28.2 Å². The number of ether oxygens (including phenoxy) is 2. The topological polar surface area (TPSA) is 94.1 Å². The molecule has 0 unspecified atom stereocenters. The van der Waals surface area contributed by atoms with E-state index in [1.807, 2.05) is 32.2 Å². The summed E-state index contributed by atoms with van der Waals surface area (Å²) in [6.45, 7) is 2.68. The first-order valence-electron chi connectivity index (χ1n) is 10.1. The van der Waals surface area contributed by atoms with Gasteiger partial charge in [-0.1, -0.05) is 12.0 Å². The summed E-state index contributed by atoms with van der Waals surface area (Å²) in [4.78, 5) is 17.9. The van der Waals surface area contributed by atoms with Gasteiger partial charge in [0, 0.05) is 48.0 Å². The third kappa shape index (κ3) is 3.96. The molecule has 0 spiro atoms. The van der Waals surface area contributed by atoms with Gasteiger partial charge in [0.25, 0.3) is 0 Å². The van der Waals surface area contributed by atoms with Crippen molar-refractivity contribution in [2.45, 2.75) is 6.92 Å². The van der Waals surface area contributed by atoms with Crippen LogP contribution in [-0.2, 0) is 0 Å². The molecule has 0 radical (unpaired) electrons. The van der Waals surface area contributed by atoms with Crippen LogP contribution in [0.5, 0.6) is 11.6 Å². The third-order valence-corrected chi connectivity index (χ3v) is 4.96. The minimum Gasteiger partial charge on any atom is -0.490 e. The van der Waals surface area contributed by atoms with Crippen LogP contribution in [0.4, 0.5) is 17.5 Å². The lowest BCUT2D eigenvalue weighted by Crippen LogP contribution is -2.11. The molecule has 2 N–H and O–H groups in total. The summed E-state index contributed by atoms with van der Waals surface area (Å²) in [7, 11) is 1.83. The van der Waals surface area contributed by atoms with Crippen LogP contribution >= 0.6 is 0 Å². The molecule has 1 aliphatic rings. The Kier molecular flexibility index (Phi) is 5.14. The van der Waals surface area contributed by atoms with Crippen molar-refractivity contribution < 1.29 is 9.47 Å². The van der Waals surface area contributed by atoms with E-state index in [4.69, 9.17) is 9.47 Å². The summed E-state index contributed by atoms with van der Waals surface area (Å²) >= 11 is 0. The Bertz CT molecular complexity index is 1380. The first-order chi connectivity index (χ1) is 15.7. The number of fused-ring (bicyclic) bond motifs is 5. The van der Waals surface area contributed by atoms with Crippen LogP contribution < -0.4 is 20.1 Å². The van der Waals surface area contributed by atoms with E-state index >= 15 is 0 Å². The molecular weight excluding hydrogens is 404 g/mol. The summed E-state index contributed by atoms with van der Waals surface area (Å²) in [5.74, 6) is 9.54. The highest BCUT2D eigenvalue weighted by atomic mass is 16.5. The van der Waals surface area contributed by atoms with Crippen LogP contribution in [0.2, 0.25) is 0 Å². The van der Waals surface area contributed by atoms with Crippen molar-refractivity contribution in [3.8, 4) is 23.5 Å². The van der Waals surface area contributed by atoms with Gasteiger partial charge in [-0.25, -0.2) is 15.0 Å². The molecule has 158 valence electrons. The zero-order valence-corrected chi connectivity index (χ0v) is 17.6. The molecule has 0 atom stereocenters. The smallest absolute Gasteiger partial charge is 0.218 e. The van der Waals surface area contributed by atoms with Crippen molar-refractivity contribution in [3.05, 3.63) is 65.7 Å². The molecule has 8 heteroatoms.